The standard InChI is InChI=1S/C5H12N2.2Li/c1-6-4-3-5-7-2;;/h3-5H2,1-2H3;;/q-2;2*+1. The van der Waals surface area contributed by atoms with Gasteiger partial charge in [0.2, 0.25) is 0 Å². The van der Waals surface area contributed by atoms with E-state index in [0.29, 0.717) is 0 Å². The molecule has 0 fully saturated rings. The zero-order valence-corrected chi connectivity index (χ0v) is 7.02. The molecule has 0 saturated heterocycles. The number of hydrogen-bond donors (Lipinski definition) is 0. The second-order valence-corrected chi connectivity index (χ2v) is 1.43. The Bertz CT molecular complexity index is 32.1. The molecule has 0 aliphatic carbocycles. The van der Waals surface area contributed by atoms with Gasteiger partial charge in [0.25, 0.3) is 0 Å². The van der Waals surface area contributed by atoms with E-state index in [9.17, 15) is 0 Å². The molecular weight excluding hydrogens is 102 g/mol. The number of nitrogens with zero attached hydrogens (tertiary/aromatic N) is 2. The molecule has 0 amide bonds. The zero-order chi connectivity index (χ0) is 5.54. The van der Waals surface area contributed by atoms with Crippen LogP contribution in [0.1, 0.15) is 6.42 Å². The summed E-state index contributed by atoms with van der Waals surface area (Å²) in [5.41, 5.74) is 0. The van der Waals surface area contributed by atoms with Crippen LogP contribution in [0.4, 0.5) is 0 Å². The molecule has 0 aromatic carbocycles. The van der Waals surface area contributed by atoms with Crippen molar-refractivity contribution in [2.75, 3.05) is 27.2 Å². The van der Waals surface area contributed by atoms with Gasteiger partial charge in [0, 0.05) is 0 Å². The molecule has 0 bridgehead atoms. The Morgan fingerprint density at radius 2 is 1.22 bits per heavy atom. The van der Waals surface area contributed by atoms with Gasteiger partial charge < -0.3 is 10.6 Å². The maximum absolute atomic E-state index is 3.91. The van der Waals surface area contributed by atoms with Crippen LogP contribution in [0.15, 0.2) is 0 Å². The Labute approximate surface area is 81.9 Å². The van der Waals surface area contributed by atoms with Crippen LogP contribution in [-0.4, -0.2) is 27.2 Å². The van der Waals surface area contributed by atoms with Gasteiger partial charge in [0.1, 0.15) is 0 Å². The average molecular weight is 114 g/mol. The Kier molecular flexibility index (Phi) is 29.6. The number of rotatable bonds is 4. The molecule has 0 atom stereocenters. The molecule has 0 saturated carbocycles. The first-order valence-corrected chi connectivity index (χ1v) is 2.53. The third-order valence-electron chi connectivity index (χ3n) is 0.763. The fourth-order valence-corrected chi connectivity index (χ4v) is 0.387. The van der Waals surface area contributed by atoms with Crippen molar-refractivity contribution < 1.29 is 37.7 Å². The van der Waals surface area contributed by atoms with Crippen molar-refractivity contribution in [2.45, 2.75) is 6.42 Å². The van der Waals surface area contributed by atoms with E-state index in [4.69, 9.17) is 0 Å². The van der Waals surface area contributed by atoms with Crippen molar-refractivity contribution in [3.05, 3.63) is 10.6 Å². The van der Waals surface area contributed by atoms with E-state index in [1.165, 1.54) is 0 Å². The third-order valence-corrected chi connectivity index (χ3v) is 0.763. The first-order valence-electron chi connectivity index (χ1n) is 2.53. The molecule has 0 spiro atoms. The Hall–Kier alpha value is 1.11. The second kappa shape index (κ2) is 16.1. The normalized spacial score (nSPS) is 7.33. The molecule has 44 valence electrons. The van der Waals surface area contributed by atoms with Gasteiger partial charge in [-0.3, -0.25) is 0 Å². The van der Waals surface area contributed by atoms with E-state index >= 15 is 0 Å². The molecule has 9 heavy (non-hydrogen) atoms. The minimum atomic E-state index is 0. The molecule has 0 aromatic heterocycles. The van der Waals surface area contributed by atoms with Crippen molar-refractivity contribution in [3.63, 3.8) is 0 Å². The van der Waals surface area contributed by atoms with Crippen LogP contribution in [0.3, 0.4) is 0 Å². The largest absolute Gasteiger partial charge is 1.00 e. The van der Waals surface area contributed by atoms with E-state index in [1.807, 2.05) is 14.1 Å². The van der Waals surface area contributed by atoms with Crippen molar-refractivity contribution in [3.8, 4) is 0 Å². The molecule has 2 nitrogen and oxygen atoms in total. The predicted octanol–water partition coefficient (Wildman–Crippen LogP) is -4.61. The van der Waals surface area contributed by atoms with E-state index in [0.717, 1.165) is 19.5 Å². The molecule has 0 unspecified atom stereocenters. The SMILES string of the molecule is C[N-]CCC[N-]C.[Li+].[Li+]. The van der Waals surface area contributed by atoms with Crippen molar-refractivity contribution in [1.82, 2.24) is 0 Å². The fraction of sp³-hybridized carbons (Fsp3) is 1.00. The van der Waals surface area contributed by atoms with Gasteiger partial charge in [-0.25, -0.2) is 0 Å². The van der Waals surface area contributed by atoms with Gasteiger partial charge in [-0.05, 0) is 0 Å². The van der Waals surface area contributed by atoms with Crippen LogP contribution in [0.5, 0.6) is 0 Å². The zero-order valence-electron chi connectivity index (χ0n) is 7.02. The van der Waals surface area contributed by atoms with E-state index in [2.05, 4.69) is 10.6 Å². The van der Waals surface area contributed by atoms with E-state index in [1.54, 1.807) is 0 Å². The van der Waals surface area contributed by atoms with Gasteiger partial charge in [-0.1, -0.05) is 6.42 Å². The Morgan fingerprint density at radius 3 is 1.44 bits per heavy atom. The average Bonchev–Trinajstić information content (AvgIpc) is 1.69. The maximum Gasteiger partial charge on any atom is 1.00 e. The van der Waals surface area contributed by atoms with Crippen LogP contribution in [0, 0.1) is 0 Å². The van der Waals surface area contributed by atoms with Crippen LogP contribution >= 0.6 is 0 Å². The van der Waals surface area contributed by atoms with Gasteiger partial charge in [-0.15, -0.1) is 0 Å². The fourth-order valence-electron chi connectivity index (χ4n) is 0.387. The summed E-state index contributed by atoms with van der Waals surface area (Å²) in [6.07, 6.45) is 1.10. The smallest absolute Gasteiger partial charge is 0.665 e. The maximum atomic E-state index is 3.91. The topological polar surface area (TPSA) is 28.2 Å². The Morgan fingerprint density at radius 1 is 0.889 bits per heavy atom. The predicted molar refractivity (Wildman–Crippen MR) is 32.9 cm³/mol. The molecule has 0 rings (SSSR count). The first-order chi connectivity index (χ1) is 3.41. The first kappa shape index (κ1) is 16.6. The molecule has 0 aliphatic rings. The van der Waals surface area contributed by atoms with Gasteiger partial charge in [0.05, 0.1) is 0 Å². The molecule has 0 aromatic rings. The molecule has 0 N–H and O–H groups in total. The summed E-state index contributed by atoms with van der Waals surface area (Å²) < 4.78 is 0. The van der Waals surface area contributed by atoms with Gasteiger partial charge in [0.15, 0.2) is 0 Å². The molecule has 0 aliphatic heterocycles. The van der Waals surface area contributed by atoms with Crippen LogP contribution < -0.4 is 37.7 Å². The molecule has 0 radical (unpaired) electrons. The van der Waals surface area contributed by atoms with E-state index in [-0.39, 0.29) is 37.7 Å². The molecule has 4 heteroatoms. The van der Waals surface area contributed by atoms with Crippen LogP contribution in [0.2, 0.25) is 0 Å². The second-order valence-electron chi connectivity index (χ2n) is 1.43. The quantitative estimate of drug-likeness (QED) is 0.260. The van der Waals surface area contributed by atoms with Gasteiger partial charge in [-0.2, -0.15) is 27.2 Å². The summed E-state index contributed by atoms with van der Waals surface area (Å²) >= 11 is 0. The van der Waals surface area contributed by atoms with Crippen molar-refractivity contribution in [1.29, 1.82) is 0 Å². The minimum absolute atomic E-state index is 0. The molecule has 0 heterocycles. The summed E-state index contributed by atoms with van der Waals surface area (Å²) in [4.78, 5) is 0. The molecular formula is C5H12Li2N2. The summed E-state index contributed by atoms with van der Waals surface area (Å²) in [5.74, 6) is 0. The third kappa shape index (κ3) is 17.6. The van der Waals surface area contributed by atoms with Crippen LogP contribution in [-0.2, 0) is 0 Å². The van der Waals surface area contributed by atoms with E-state index < -0.39 is 0 Å². The van der Waals surface area contributed by atoms with Crippen LogP contribution in [0.25, 0.3) is 10.6 Å². The summed E-state index contributed by atoms with van der Waals surface area (Å²) in [6, 6.07) is 0. The van der Waals surface area contributed by atoms with Crippen molar-refractivity contribution >= 4 is 0 Å². The summed E-state index contributed by atoms with van der Waals surface area (Å²) in [6.45, 7) is 1.91. The Balaban J connectivity index is -0.000000180. The summed E-state index contributed by atoms with van der Waals surface area (Å²) in [7, 11) is 3.66. The van der Waals surface area contributed by atoms with Crippen molar-refractivity contribution in [2.24, 2.45) is 0 Å². The summed E-state index contributed by atoms with van der Waals surface area (Å²) in [5, 5.41) is 7.83. The van der Waals surface area contributed by atoms with Gasteiger partial charge >= 0.3 is 37.7 Å². The minimum Gasteiger partial charge on any atom is -0.665 e. The monoisotopic (exact) mass is 114 g/mol. The number of hydrogen-bond acceptors (Lipinski definition) is 0.